The maximum absolute atomic E-state index is 12.1. The van der Waals surface area contributed by atoms with Gasteiger partial charge in [-0.3, -0.25) is 0 Å². The molecule has 2 aromatic carbocycles. The molecule has 0 aliphatic rings. The Hall–Kier alpha value is -3.65. The molecule has 0 saturated heterocycles. The van der Waals surface area contributed by atoms with Crippen LogP contribution in [0.1, 0.15) is 21.5 Å². The van der Waals surface area contributed by atoms with Crippen LogP contribution in [0.2, 0.25) is 0 Å². The highest BCUT2D eigenvalue weighted by atomic mass is 16.5. The van der Waals surface area contributed by atoms with Gasteiger partial charge in [-0.1, -0.05) is 36.4 Å². The monoisotopic (exact) mass is 436 g/mol. The highest BCUT2D eigenvalue weighted by molar-refractivity contribution is 6.06. The van der Waals surface area contributed by atoms with Gasteiger partial charge in [0.2, 0.25) is 0 Å². The molecule has 0 radical (unpaired) electrons. The normalized spacial score (nSPS) is 11.2. The van der Waals surface area contributed by atoms with Crippen LogP contribution in [0.5, 0.6) is 0 Å². The molecule has 170 valence electrons. The third-order valence-electron chi connectivity index (χ3n) is 5.34. The second kappa shape index (κ2) is 10.1. The van der Waals surface area contributed by atoms with Crippen LogP contribution in [0.15, 0.2) is 54.6 Å². The van der Waals surface area contributed by atoms with Gasteiger partial charge in [-0.2, -0.15) is 0 Å². The highest BCUT2D eigenvalue weighted by Gasteiger charge is 2.17. The lowest BCUT2D eigenvalue weighted by atomic mass is 10.2. The summed E-state index contributed by atoms with van der Waals surface area (Å²) < 4.78 is 7.50. The van der Waals surface area contributed by atoms with Gasteiger partial charge in [-0.25, -0.2) is 14.8 Å². The Morgan fingerprint density at radius 3 is 2.69 bits per heavy atom. The van der Waals surface area contributed by atoms with Crippen LogP contribution in [0.25, 0.3) is 21.9 Å². The van der Waals surface area contributed by atoms with Crippen molar-refractivity contribution in [3.63, 3.8) is 0 Å². The first-order valence-electron chi connectivity index (χ1n) is 10.8. The van der Waals surface area contributed by atoms with E-state index in [1.54, 1.807) is 7.11 Å². The van der Waals surface area contributed by atoms with Gasteiger partial charge < -0.3 is 25.7 Å². The minimum absolute atomic E-state index is 0. The number of carbonyl (C=O) groups is 1. The van der Waals surface area contributed by atoms with Gasteiger partial charge in [0.15, 0.2) is 5.82 Å². The molecule has 0 aliphatic carbocycles. The molecule has 8 heteroatoms. The summed E-state index contributed by atoms with van der Waals surface area (Å²) in [5, 5.41) is 6.78. The number of nitrogens with two attached hydrogens (primary N) is 1. The van der Waals surface area contributed by atoms with Crippen molar-refractivity contribution in [3.05, 3.63) is 60.4 Å². The molecule has 32 heavy (non-hydrogen) atoms. The topological polar surface area (TPSA) is 107 Å². The van der Waals surface area contributed by atoms with Crippen LogP contribution in [0, 0.1) is 0 Å². The first kappa shape index (κ1) is 21.6. The maximum Gasteiger partial charge on any atom is 0.319 e. The Bertz CT molecular complexity index is 1220. The van der Waals surface area contributed by atoms with Gasteiger partial charge in [-0.05, 0) is 31.0 Å². The molecular formula is C24H32N6O2. The van der Waals surface area contributed by atoms with E-state index in [2.05, 4.69) is 26.3 Å². The number of urea groups is 1. The summed E-state index contributed by atoms with van der Waals surface area (Å²) in [4.78, 5) is 21.4. The molecule has 2 amide bonds. The third-order valence-corrected chi connectivity index (χ3v) is 5.34. The van der Waals surface area contributed by atoms with Gasteiger partial charge in [0.1, 0.15) is 11.3 Å². The van der Waals surface area contributed by atoms with Crippen LogP contribution in [0.3, 0.4) is 0 Å². The summed E-state index contributed by atoms with van der Waals surface area (Å²) in [6.45, 7) is 1.93. The third kappa shape index (κ3) is 4.81. The average molecular weight is 437 g/mol. The molecule has 4 rings (SSSR count). The molecule has 2 heterocycles. The summed E-state index contributed by atoms with van der Waals surface area (Å²) in [6, 6.07) is 17.2. The number of pyridine rings is 1. The molecule has 0 atom stereocenters. The Labute approximate surface area is 189 Å². The largest absolute Gasteiger partial charge is 0.384 e. The van der Waals surface area contributed by atoms with E-state index in [9.17, 15) is 4.79 Å². The zero-order valence-corrected chi connectivity index (χ0v) is 18.2. The first-order valence-corrected chi connectivity index (χ1v) is 10.8. The fourth-order valence-electron chi connectivity index (χ4n) is 3.82. The van der Waals surface area contributed by atoms with Crippen LogP contribution >= 0.6 is 0 Å². The number of imidazole rings is 1. The molecule has 0 spiro atoms. The van der Waals surface area contributed by atoms with Crippen LogP contribution < -0.4 is 16.4 Å². The van der Waals surface area contributed by atoms with Crippen molar-refractivity contribution >= 4 is 39.5 Å². The predicted molar refractivity (Wildman–Crippen MR) is 132 cm³/mol. The number of aromatic nitrogens is 3. The summed E-state index contributed by atoms with van der Waals surface area (Å²) in [5.74, 6) is 1.37. The van der Waals surface area contributed by atoms with Crippen molar-refractivity contribution in [1.82, 2.24) is 19.9 Å². The van der Waals surface area contributed by atoms with Gasteiger partial charge in [-0.15, -0.1) is 0 Å². The molecule has 4 N–H and O–H groups in total. The Morgan fingerprint density at radius 2 is 1.88 bits per heavy atom. The van der Waals surface area contributed by atoms with Gasteiger partial charge >= 0.3 is 6.03 Å². The lowest BCUT2D eigenvalue weighted by molar-refractivity contribution is 0.199. The number of nitrogens with one attached hydrogen (secondary N) is 2. The number of hydrogen-bond acceptors (Lipinski definition) is 5. The van der Waals surface area contributed by atoms with E-state index in [0.717, 1.165) is 52.8 Å². The number of nitrogen functional groups attached to an aromatic ring is 1. The van der Waals surface area contributed by atoms with Crippen molar-refractivity contribution in [2.24, 2.45) is 0 Å². The molecule has 0 bridgehead atoms. The second-order valence-corrected chi connectivity index (χ2v) is 7.59. The van der Waals surface area contributed by atoms with E-state index in [1.165, 1.54) is 0 Å². The zero-order valence-electron chi connectivity index (χ0n) is 18.2. The van der Waals surface area contributed by atoms with Gasteiger partial charge in [0, 0.05) is 40.5 Å². The predicted octanol–water partition coefficient (Wildman–Crippen LogP) is 4.45. The van der Waals surface area contributed by atoms with Crippen LogP contribution in [-0.4, -0.2) is 40.8 Å². The molecule has 0 aliphatic heterocycles. The number of unbranched alkanes of at least 4 members (excludes halogenated alkanes) is 1. The van der Waals surface area contributed by atoms with E-state index < -0.39 is 0 Å². The summed E-state index contributed by atoms with van der Waals surface area (Å²) in [5.41, 5.74) is 9.60. The molecular weight excluding hydrogens is 404 g/mol. The van der Waals surface area contributed by atoms with Crippen LogP contribution in [0.4, 0.5) is 16.3 Å². The zero-order chi connectivity index (χ0) is 22.3. The van der Waals surface area contributed by atoms with E-state index in [4.69, 9.17) is 15.5 Å². The number of para-hydroxylation sites is 2. The number of aryl methyl sites for hydroxylation is 1. The average Bonchev–Trinajstić information content (AvgIpc) is 3.17. The van der Waals surface area contributed by atoms with Crippen molar-refractivity contribution in [3.8, 4) is 0 Å². The number of hydrogen-bond donors (Lipinski definition) is 3. The van der Waals surface area contributed by atoms with Crippen molar-refractivity contribution in [1.29, 1.82) is 0 Å². The summed E-state index contributed by atoms with van der Waals surface area (Å²) in [7, 11) is 1.68. The van der Waals surface area contributed by atoms with Gasteiger partial charge in [0.25, 0.3) is 0 Å². The fraction of sp³-hybridized carbons (Fsp3) is 0.292. The van der Waals surface area contributed by atoms with E-state index in [1.807, 2.05) is 48.5 Å². The van der Waals surface area contributed by atoms with E-state index >= 15 is 0 Å². The molecule has 2 aromatic heterocycles. The van der Waals surface area contributed by atoms with Crippen LogP contribution in [-0.2, 0) is 17.7 Å². The van der Waals surface area contributed by atoms with E-state index in [-0.39, 0.29) is 8.88 Å². The highest BCUT2D eigenvalue weighted by Crippen LogP contribution is 2.29. The number of benzene rings is 2. The van der Waals surface area contributed by atoms with Crippen molar-refractivity contribution < 1.29 is 12.4 Å². The molecule has 4 aromatic rings. The number of nitrogens with zero attached hydrogens (tertiary/aromatic N) is 3. The number of methoxy groups -OCH3 is 1. The van der Waals surface area contributed by atoms with E-state index in [0.29, 0.717) is 25.4 Å². The van der Waals surface area contributed by atoms with Gasteiger partial charge in [0.05, 0.1) is 17.6 Å². The van der Waals surface area contributed by atoms with Crippen molar-refractivity contribution in [2.45, 2.75) is 25.8 Å². The molecule has 0 saturated carbocycles. The second-order valence-electron chi connectivity index (χ2n) is 7.59. The number of fused-ring (bicyclic) bond motifs is 3. The first-order chi connectivity index (χ1) is 15.7. The number of anilines is 2. The smallest absolute Gasteiger partial charge is 0.319 e. The Kier molecular flexibility index (Phi) is 6.81. The van der Waals surface area contributed by atoms with Crippen molar-refractivity contribution in [2.75, 3.05) is 31.3 Å². The number of carbonyl (C=O) groups excluding carboxylic acids is 1. The minimum Gasteiger partial charge on any atom is -0.384 e. The molecule has 0 unspecified atom stereocenters. The Morgan fingerprint density at radius 1 is 1.09 bits per heavy atom. The number of rotatable bonds is 9. The quantitative estimate of drug-likeness (QED) is 0.336. The number of ether oxygens (including phenoxy) is 1. The Balaban J connectivity index is 0.00000204. The maximum atomic E-state index is 12.1. The SMILES string of the molecule is COCCc1nc2c(N)nc3ccccc3c2n1CCCCNC(=O)Nc1ccccc1.[HH].[HH]. The summed E-state index contributed by atoms with van der Waals surface area (Å²) in [6.07, 6.45) is 2.41. The lowest BCUT2D eigenvalue weighted by Gasteiger charge is -2.11. The molecule has 8 nitrogen and oxygen atoms in total. The molecule has 0 fully saturated rings. The number of amides is 2. The standard InChI is InChI=1S/C24H28N6O2.2H2/c1-32-16-13-20-29-21-22(18-11-5-6-12-19(18)28-23(21)25)30(20)15-8-7-14-26-24(31)27-17-9-3-2-4-10-17;;/h2-6,9-12H,7-8,13-16H2,1H3,(H2,25,28)(H2,26,27,31);2*1H. The summed E-state index contributed by atoms with van der Waals surface area (Å²) >= 11 is 0. The fourth-order valence-corrected chi connectivity index (χ4v) is 3.82. The minimum atomic E-state index is -0.199. The lowest BCUT2D eigenvalue weighted by Crippen LogP contribution is -2.29.